The zero-order chi connectivity index (χ0) is 15.2. The number of nitrogens with two attached hydrogens (primary N) is 1. The van der Waals surface area contributed by atoms with Crippen molar-refractivity contribution in [3.63, 3.8) is 0 Å². The van der Waals surface area contributed by atoms with Crippen molar-refractivity contribution in [3.05, 3.63) is 35.1 Å². The molecule has 0 aromatic heterocycles. The number of amides is 1. The van der Waals surface area contributed by atoms with Gasteiger partial charge in [0.05, 0.1) is 13.1 Å². The summed E-state index contributed by atoms with van der Waals surface area (Å²) < 4.78 is 13.3. The van der Waals surface area contributed by atoms with E-state index in [4.69, 9.17) is 5.73 Å². The van der Waals surface area contributed by atoms with Crippen LogP contribution >= 0.6 is 0 Å². The third-order valence-corrected chi connectivity index (χ3v) is 3.19. The van der Waals surface area contributed by atoms with Gasteiger partial charge in [-0.3, -0.25) is 9.69 Å². The Hall–Kier alpha value is -1.90. The Labute approximate surface area is 124 Å². The number of hydrogen-bond acceptors (Lipinski definition) is 3. The molecule has 0 radical (unpaired) electrons. The van der Waals surface area contributed by atoms with Gasteiger partial charge in [-0.15, -0.1) is 0 Å². The predicted molar refractivity (Wildman–Crippen MR) is 79.8 cm³/mol. The lowest BCUT2D eigenvalue weighted by Crippen LogP contribution is -2.36. The van der Waals surface area contributed by atoms with E-state index in [1.807, 2.05) is 11.9 Å². The molecule has 1 aliphatic carbocycles. The summed E-state index contributed by atoms with van der Waals surface area (Å²) in [4.78, 5) is 13.6. The van der Waals surface area contributed by atoms with Gasteiger partial charge < -0.3 is 11.1 Å². The highest BCUT2D eigenvalue weighted by atomic mass is 19.1. The molecule has 1 saturated carbocycles. The minimum Gasteiger partial charge on any atom is -0.352 e. The van der Waals surface area contributed by atoms with Crippen LogP contribution in [0.1, 0.15) is 24.0 Å². The van der Waals surface area contributed by atoms with Crippen LogP contribution in [0.15, 0.2) is 18.2 Å². The standard InChI is InChI=1S/C16H20FN3O/c1-20(11-16(21)19-15-6-7-15)10-13-4-5-14(17)9-12(13)3-2-8-18/h4-5,9,15H,6-8,10-11,18H2,1H3,(H,19,21). The number of hydrogen-bond donors (Lipinski definition) is 2. The van der Waals surface area contributed by atoms with Crippen LogP contribution in [0.3, 0.4) is 0 Å². The first kappa shape index (κ1) is 15.5. The first-order valence-corrected chi connectivity index (χ1v) is 7.03. The normalized spacial score (nSPS) is 13.7. The number of rotatable bonds is 5. The number of halogens is 1. The molecule has 21 heavy (non-hydrogen) atoms. The van der Waals surface area contributed by atoms with Crippen LogP contribution in [0.5, 0.6) is 0 Å². The smallest absolute Gasteiger partial charge is 0.234 e. The third-order valence-electron chi connectivity index (χ3n) is 3.19. The van der Waals surface area contributed by atoms with Crippen LogP contribution in [0, 0.1) is 17.7 Å². The number of benzene rings is 1. The van der Waals surface area contributed by atoms with Gasteiger partial charge in [-0.2, -0.15) is 0 Å². The van der Waals surface area contributed by atoms with Crippen molar-refractivity contribution < 1.29 is 9.18 Å². The second kappa shape index (κ2) is 7.21. The van der Waals surface area contributed by atoms with Crippen LogP contribution in [-0.4, -0.2) is 37.0 Å². The molecular formula is C16H20FN3O. The fourth-order valence-electron chi connectivity index (χ4n) is 2.04. The van der Waals surface area contributed by atoms with Crippen LogP contribution in [0.25, 0.3) is 0 Å². The number of carbonyl (C=O) groups is 1. The zero-order valence-corrected chi connectivity index (χ0v) is 12.2. The summed E-state index contributed by atoms with van der Waals surface area (Å²) >= 11 is 0. The number of nitrogens with one attached hydrogen (secondary N) is 1. The molecule has 4 nitrogen and oxygen atoms in total. The maximum atomic E-state index is 13.3. The summed E-state index contributed by atoms with van der Waals surface area (Å²) in [5, 5.41) is 2.94. The lowest BCUT2D eigenvalue weighted by Gasteiger charge is -2.17. The molecule has 112 valence electrons. The molecule has 0 saturated heterocycles. The van der Waals surface area contributed by atoms with Gasteiger partial charge in [-0.1, -0.05) is 17.9 Å². The maximum Gasteiger partial charge on any atom is 0.234 e. The lowest BCUT2D eigenvalue weighted by atomic mass is 10.1. The second-order valence-electron chi connectivity index (χ2n) is 5.32. The van der Waals surface area contributed by atoms with Crippen LogP contribution in [-0.2, 0) is 11.3 Å². The van der Waals surface area contributed by atoms with Gasteiger partial charge in [0.2, 0.25) is 5.91 Å². The Morgan fingerprint density at radius 3 is 2.95 bits per heavy atom. The van der Waals surface area contributed by atoms with Gasteiger partial charge in [0.25, 0.3) is 0 Å². The van der Waals surface area contributed by atoms with Crippen LogP contribution in [0.2, 0.25) is 0 Å². The average molecular weight is 289 g/mol. The van der Waals surface area contributed by atoms with Gasteiger partial charge >= 0.3 is 0 Å². The zero-order valence-electron chi connectivity index (χ0n) is 12.2. The number of carbonyl (C=O) groups excluding carboxylic acids is 1. The maximum absolute atomic E-state index is 13.3. The highest BCUT2D eigenvalue weighted by Gasteiger charge is 2.23. The van der Waals surface area contributed by atoms with E-state index in [2.05, 4.69) is 17.2 Å². The van der Waals surface area contributed by atoms with Crippen molar-refractivity contribution >= 4 is 5.91 Å². The summed E-state index contributed by atoms with van der Waals surface area (Å²) in [6.07, 6.45) is 2.15. The van der Waals surface area contributed by atoms with Gasteiger partial charge in [0, 0.05) is 18.2 Å². The Morgan fingerprint density at radius 1 is 1.52 bits per heavy atom. The molecule has 1 amide bonds. The lowest BCUT2D eigenvalue weighted by molar-refractivity contribution is -0.122. The Balaban J connectivity index is 1.98. The molecule has 2 rings (SSSR count). The minimum absolute atomic E-state index is 0.0247. The summed E-state index contributed by atoms with van der Waals surface area (Å²) in [6.45, 7) is 1.08. The number of likely N-dealkylation sites (N-methyl/N-ethyl adjacent to an activating group) is 1. The molecular weight excluding hydrogens is 269 g/mol. The van der Waals surface area contributed by atoms with Crippen molar-refractivity contribution in [3.8, 4) is 11.8 Å². The quantitative estimate of drug-likeness (QED) is 0.790. The topological polar surface area (TPSA) is 58.4 Å². The van der Waals surface area contributed by atoms with E-state index in [9.17, 15) is 9.18 Å². The van der Waals surface area contributed by atoms with Crippen molar-refractivity contribution in [2.45, 2.75) is 25.4 Å². The van der Waals surface area contributed by atoms with Gasteiger partial charge in [-0.05, 0) is 37.6 Å². The molecule has 0 spiro atoms. The van der Waals surface area contributed by atoms with Crippen LogP contribution in [0.4, 0.5) is 4.39 Å². The predicted octanol–water partition coefficient (Wildman–Crippen LogP) is 0.846. The van der Waals surface area contributed by atoms with Crippen molar-refractivity contribution in [2.75, 3.05) is 20.1 Å². The number of nitrogens with zero attached hydrogens (tertiary/aromatic N) is 1. The van der Waals surface area contributed by atoms with Gasteiger partial charge in [0.1, 0.15) is 5.82 Å². The van der Waals surface area contributed by atoms with E-state index in [-0.39, 0.29) is 18.3 Å². The van der Waals surface area contributed by atoms with Crippen molar-refractivity contribution in [1.29, 1.82) is 0 Å². The van der Waals surface area contributed by atoms with Gasteiger partial charge in [-0.25, -0.2) is 4.39 Å². The van der Waals surface area contributed by atoms with E-state index in [0.29, 0.717) is 24.7 Å². The molecule has 0 unspecified atom stereocenters. The largest absolute Gasteiger partial charge is 0.352 e. The highest BCUT2D eigenvalue weighted by Crippen LogP contribution is 2.18. The van der Waals surface area contributed by atoms with E-state index in [0.717, 1.165) is 18.4 Å². The second-order valence-corrected chi connectivity index (χ2v) is 5.32. The van der Waals surface area contributed by atoms with E-state index < -0.39 is 0 Å². The molecule has 0 bridgehead atoms. The summed E-state index contributed by atoms with van der Waals surface area (Å²) in [5.41, 5.74) is 6.86. The molecule has 3 N–H and O–H groups in total. The van der Waals surface area contributed by atoms with Crippen molar-refractivity contribution in [1.82, 2.24) is 10.2 Å². The van der Waals surface area contributed by atoms with Crippen LogP contribution < -0.4 is 11.1 Å². The molecule has 1 aromatic rings. The minimum atomic E-state index is -0.325. The molecule has 1 aliphatic rings. The molecule has 1 fully saturated rings. The molecule has 0 heterocycles. The molecule has 0 atom stereocenters. The van der Waals surface area contributed by atoms with E-state index in [1.165, 1.54) is 12.1 Å². The summed E-state index contributed by atoms with van der Waals surface area (Å²) in [6, 6.07) is 4.87. The first-order valence-electron chi connectivity index (χ1n) is 7.03. The Bertz CT molecular complexity index is 573. The SMILES string of the molecule is CN(CC(=O)NC1CC1)Cc1ccc(F)cc1C#CCN. The fourth-order valence-corrected chi connectivity index (χ4v) is 2.04. The molecule has 5 heteroatoms. The monoisotopic (exact) mass is 289 g/mol. The Kier molecular flexibility index (Phi) is 5.32. The molecule has 1 aromatic carbocycles. The van der Waals surface area contributed by atoms with E-state index in [1.54, 1.807) is 6.07 Å². The third kappa shape index (κ3) is 5.18. The van der Waals surface area contributed by atoms with Crippen molar-refractivity contribution in [2.24, 2.45) is 5.73 Å². The summed E-state index contributed by atoms with van der Waals surface area (Å²) in [7, 11) is 1.86. The fraction of sp³-hybridized carbons (Fsp3) is 0.438. The Morgan fingerprint density at radius 2 is 2.29 bits per heavy atom. The van der Waals surface area contributed by atoms with Gasteiger partial charge in [0.15, 0.2) is 0 Å². The first-order chi connectivity index (χ1) is 10.1. The van der Waals surface area contributed by atoms with E-state index >= 15 is 0 Å². The molecule has 0 aliphatic heterocycles. The summed E-state index contributed by atoms with van der Waals surface area (Å²) in [5.74, 6) is 5.31. The average Bonchev–Trinajstić information content (AvgIpc) is 3.22. The highest BCUT2D eigenvalue weighted by molar-refractivity contribution is 5.78.